The maximum atomic E-state index is 12.9. The Labute approximate surface area is 177 Å². The topological polar surface area (TPSA) is 66.5 Å². The molecule has 0 fully saturated rings. The van der Waals surface area contributed by atoms with E-state index >= 15 is 0 Å². The number of benzene rings is 3. The summed E-state index contributed by atoms with van der Waals surface area (Å²) in [6.45, 7) is 4.37. The summed E-state index contributed by atoms with van der Waals surface area (Å²) in [6, 6.07) is 19.9. The molecule has 5 nitrogen and oxygen atoms in total. The summed E-state index contributed by atoms with van der Waals surface area (Å²) in [5.74, 6) is -0.0415. The van der Waals surface area contributed by atoms with Crippen molar-refractivity contribution >= 4 is 27.3 Å². The number of nitrogens with zero attached hydrogens (tertiary/aromatic N) is 1. The fourth-order valence-corrected chi connectivity index (χ4v) is 5.20. The molecule has 3 aromatic rings. The highest BCUT2D eigenvalue weighted by atomic mass is 32.2. The quantitative estimate of drug-likeness (QED) is 0.665. The average Bonchev–Trinajstić information content (AvgIpc) is 2.72. The highest BCUT2D eigenvalue weighted by Crippen LogP contribution is 2.32. The zero-order valence-corrected chi connectivity index (χ0v) is 17.9. The van der Waals surface area contributed by atoms with Crippen molar-refractivity contribution in [3.63, 3.8) is 0 Å². The number of fused-ring (bicyclic) bond motifs is 1. The monoisotopic (exact) mass is 420 g/mol. The lowest BCUT2D eigenvalue weighted by atomic mass is 10.00. The Hall–Kier alpha value is -3.12. The van der Waals surface area contributed by atoms with Crippen LogP contribution in [-0.4, -0.2) is 20.9 Å². The van der Waals surface area contributed by atoms with Crippen molar-refractivity contribution in [1.82, 2.24) is 0 Å². The molecule has 0 saturated heterocycles. The largest absolute Gasteiger partial charge is 0.308 e. The Kier molecular flexibility index (Phi) is 5.35. The highest BCUT2D eigenvalue weighted by Gasteiger charge is 2.24. The summed E-state index contributed by atoms with van der Waals surface area (Å²) in [5.41, 5.74) is 4.67. The van der Waals surface area contributed by atoms with Gasteiger partial charge in [0.2, 0.25) is 0 Å². The van der Waals surface area contributed by atoms with Crippen LogP contribution in [0.5, 0.6) is 0 Å². The number of carbonyl (C=O) groups is 1. The van der Waals surface area contributed by atoms with Crippen molar-refractivity contribution in [2.75, 3.05) is 16.2 Å². The number of aryl methyl sites for hydroxylation is 3. The van der Waals surface area contributed by atoms with Gasteiger partial charge in [0.15, 0.2) is 0 Å². The van der Waals surface area contributed by atoms with Gasteiger partial charge in [0.25, 0.3) is 15.9 Å². The molecule has 1 N–H and O–H groups in total. The van der Waals surface area contributed by atoms with Crippen molar-refractivity contribution in [2.24, 2.45) is 0 Å². The first kappa shape index (κ1) is 20.2. The van der Waals surface area contributed by atoms with Gasteiger partial charge in [0.05, 0.1) is 4.90 Å². The number of amides is 1. The number of carbonyl (C=O) groups excluding carboxylic acids is 1. The standard InChI is InChI=1S/C24H24N2O3S/c1-17-10-13-23(18(2)15-17)30(28,29)25-21-11-12-22-20(16-21)9-6-14-26(22)24(27)19-7-4-3-5-8-19/h3-5,7-8,10-13,15-16,25H,6,9,14H2,1-2H3. The van der Waals surface area contributed by atoms with Crippen LogP contribution in [0.2, 0.25) is 0 Å². The second kappa shape index (κ2) is 7.95. The summed E-state index contributed by atoms with van der Waals surface area (Å²) >= 11 is 0. The summed E-state index contributed by atoms with van der Waals surface area (Å²) in [5, 5.41) is 0. The van der Waals surface area contributed by atoms with E-state index in [9.17, 15) is 13.2 Å². The Morgan fingerprint density at radius 1 is 0.967 bits per heavy atom. The molecule has 30 heavy (non-hydrogen) atoms. The average molecular weight is 421 g/mol. The SMILES string of the molecule is Cc1ccc(S(=O)(=O)Nc2ccc3c(c2)CCCN3C(=O)c2ccccc2)c(C)c1. The van der Waals surface area contributed by atoms with E-state index in [1.807, 2.05) is 55.5 Å². The van der Waals surface area contributed by atoms with Crippen molar-refractivity contribution in [3.05, 3.63) is 89.0 Å². The lowest BCUT2D eigenvalue weighted by molar-refractivity contribution is 0.0985. The van der Waals surface area contributed by atoms with Gasteiger partial charge in [-0.1, -0.05) is 35.9 Å². The first-order valence-electron chi connectivity index (χ1n) is 9.95. The van der Waals surface area contributed by atoms with Gasteiger partial charge in [-0.3, -0.25) is 9.52 Å². The van der Waals surface area contributed by atoms with E-state index in [4.69, 9.17) is 0 Å². The molecule has 0 spiro atoms. The maximum absolute atomic E-state index is 12.9. The highest BCUT2D eigenvalue weighted by molar-refractivity contribution is 7.92. The van der Waals surface area contributed by atoms with Crippen molar-refractivity contribution in [1.29, 1.82) is 0 Å². The maximum Gasteiger partial charge on any atom is 0.262 e. The molecule has 0 aliphatic carbocycles. The molecule has 1 amide bonds. The molecule has 6 heteroatoms. The number of sulfonamides is 1. The van der Waals surface area contributed by atoms with E-state index in [0.717, 1.165) is 29.7 Å². The van der Waals surface area contributed by atoms with Crippen LogP contribution < -0.4 is 9.62 Å². The number of hydrogen-bond acceptors (Lipinski definition) is 3. The van der Waals surface area contributed by atoms with Gasteiger partial charge in [-0.15, -0.1) is 0 Å². The molecule has 1 aliphatic rings. The molecule has 0 radical (unpaired) electrons. The zero-order valence-electron chi connectivity index (χ0n) is 17.1. The van der Waals surface area contributed by atoms with E-state index in [2.05, 4.69) is 4.72 Å². The molecule has 4 rings (SSSR count). The van der Waals surface area contributed by atoms with Gasteiger partial charge in [-0.2, -0.15) is 0 Å². The van der Waals surface area contributed by atoms with Crippen LogP contribution in [0.15, 0.2) is 71.6 Å². The van der Waals surface area contributed by atoms with Crippen LogP contribution in [0.25, 0.3) is 0 Å². The predicted molar refractivity (Wildman–Crippen MR) is 120 cm³/mol. The van der Waals surface area contributed by atoms with E-state index in [-0.39, 0.29) is 10.8 Å². The van der Waals surface area contributed by atoms with E-state index in [1.54, 1.807) is 30.0 Å². The van der Waals surface area contributed by atoms with Gasteiger partial charge in [-0.05, 0) is 74.2 Å². The van der Waals surface area contributed by atoms with E-state index in [0.29, 0.717) is 23.4 Å². The van der Waals surface area contributed by atoms with Crippen LogP contribution in [0.4, 0.5) is 11.4 Å². The molecule has 3 aromatic carbocycles. The Morgan fingerprint density at radius 2 is 1.73 bits per heavy atom. The number of nitrogens with one attached hydrogen (secondary N) is 1. The summed E-state index contributed by atoms with van der Waals surface area (Å²) in [6.07, 6.45) is 1.63. The molecule has 0 unspecified atom stereocenters. The van der Waals surface area contributed by atoms with Crippen molar-refractivity contribution < 1.29 is 13.2 Å². The van der Waals surface area contributed by atoms with Gasteiger partial charge < -0.3 is 4.90 Å². The first-order valence-corrected chi connectivity index (χ1v) is 11.4. The third kappa shape index (κ3) is 3.96. The smallest absolute Gasteiger partial charge is 0.262 e. The van der Waals surface area contributed by atoms with Gasteiger partial charge in [-0.25, -0.2) is 8.42 Å². The van der Waals surface area contributed by atoms with Crippen LogP contribution >= 0.6 is 0 Å². The lowest BCUT2D eigenvalue weighted by Gasteiger charge is -2.30. The minimum absolute atomic E-state index is 0.0415. The Morgan fingerprint density at radius 3 is 2.47 bits per heavy atom. The van der Waals surface area contributed by atoms with Gasteiger partial charge in [0, 0.05) is 23.5 Å². The second-order valence-electron chi connectivity index (χ2n) is 7.64. The predicted octanol–water partition coefficient (Wildman–Crippen LogP) is 4.70. The van der Waals surface area contributed by atoms with Crippen LogP contribution in [0, 0.1) is 13.8 Å². The molecule has 154 valence electrons. The van der Waals surface area contributed by atoms with Crippen molar-refractivity contribution in [2.45, 2.75) is 31.6 Å². The minimum atomic E-state index is -3.69. The Bertz CT molecular complexity index is 1200. The third-order valence-corrected chi connectivity index (χ3v) is 6.88. The van der Waals surface area contributed by atoms with Crippen LogP contribution in [-0.2, 0) is 16.4 Å². The molecule has 1 aliphatic heterocycles. The fraction of sp³-hybridized carbons (Fsp3) is 0.208. The van der Waals surface area contributed by atoms with Crippen LogP contribution in [0.1, 0.15) is 33.5 Å². The van der Waals surface area contributed by atoms with Crippen molar-refractivity contribution in [3.8, 4) is 0 Å². The molecule has 0 bridgehead atoms. The number of rotatable bonds is 4. The first-order chi connectivity index (χ1) is 14.3. The molecular weight excluding hydrogens is 396 g/mol. The number of anilines is 2. The molecule has 0 saturated carbocycles. The minimum Gasteiger partial charge on any atom is -0.308 e. The third-order valence-electron chi connectivity index (χ3n) is 5.34. The second-order valence-corrected chi connectivity index (χ2v) is 9.30. The van der Waals surface area contributed by atoms with Gasteiger partial charge >= 0.3 is 0 Å². The van der Waals surface area contributed by atoms with Crippen LogP contribution in [0.3, 0.4) is 0 Å². The van der Waals surface area contributed by atoms with E-state index in [1.165, 1.54) is 0 Å². The van der Waals surface area contributed by atoms with E-state index < -0.39 is 10.0 Å². The zero-order chi connectivity index (χ0) is 21.3. The van der Waals surface area contributed by atoms with Gasteiger partial charge in [0.1, 0.15) is 0 Å². The molecule has 0 aromatic heterocycles. The molecule has 1 heterocycles. The molecule has 0 atom stereocenters. The summed E-state index contributed by atoms with van der Waals surface area (Å²) in [7, 11) is -3.69. The number of hydrogen-bond donors (Lipinski definition) is 1. The fourth-order valence-electron chi connectivity index (χ4n) is 3.92. The summed E-state index contributed by atoms with van der Waals surface area (Å²) < 4.78 is 28.5. The lowest BCUT2D eigenvalue weighted by Crippen LogP contribution is -2.35. The Balaban J connectivity index is 1.62. The molecular formula is C24H24N2O3S. The summed E-state index contributed by atoms with van der Waals surface area (Å²) in [4.78, 5) is 15.0. The normalized spacial score (nSPS) is 13.6.